The zero-order chi connectivity index (χ0) is 22.0. The highest BCUT2D eigenvalue weighted by atomic mass is 35.5. The fourth-order valence-electron chi connectivity index (χ4n) is 3.01. The van der Waals surface area contributed by atoms with Gasteiger partial charge in [-0.25, -0.2) is 8.42 Å². The average molecular weight is 472 g/mol. The number of thiophene rings is 1. The maximum absolute atomic E-state index is 12.9. The number of carbonyl (C=O) groups excluding carboxylic acids is 1. The number of benzene rings is 2. The fraction of sp³-hybridized carbons (Fsp3) is 0.0909. The van der Waals surface area contributed by atoms with Crippen LogP contribution < -0.4 is 9.62 Å². The third kappa shape index (κ3) is 4.56. The van der Waals surface area contributed by atoms with Crippen molar-refractivity contribution < 1.29 is 13.2 Å². The van der Waals surface area contributed by atoms with Crippen LogP contribution >= 0.6 is 22.9 Å². The van der Waals surface area contributed by atoms with E-state index in [2.05, 4.69) is 10.3 Å². The summed E-state index contributed by atoms with van der Waals surface area (Å²) in [5, 5.41) is 4.14. The normalized spacial score (nSPS) is 11.4. The molecule has 0 spiro atoms. The van der Waals surface area contributed by atoms with E-state index in [9.17, 15) is 13.2 Å². The molecule has 6 nitrogen and oxygen atoms in total. The van der Waals surface area contributed by atoms with Crippen molar-refractivity contribution in [2.45, 2.75) is 11.4 Å². The van der Waals surface area contributed by atoms with Crippen LogP contribution in [0.4, 0.5) is 5.69 Å². The summed E-state index contributed by atoms with van der Waals surface area (Å²) in [5.41, 5.74) is 1.41. The SMILES string of the molecule is CN(c1ccc2sc(C(=O)NCc3cccnc3)cc2c1)S(=O)(=O)c1ccc(Cl)cc1. The summed E-state index contributed by atoms with van der Waals surface area (Å²) in [6.07, 6.45) is 3.38. The third-order valence-electron chi connectivity index (χ3n) is 4.74. The number of aromatic nitrogens is 1. The second-order valence-electron chi connectivity index (χ2n) is 6.80. The lowest BCUT2D eigenvalue weighted by atomic mass is 10.2. The lowest BCUT2D eigenvalue weighted by molar-refractivity contribution is 0.0955. The van der Waals surface area contributed by atoms with Crippen LogP contribution in [0.25, 0.3) is 10.1 Å². The van der Waals surface area contributed by atoms with Gasteiger partial charge in [0, 0.05) is 35.7 Å². The number of sulfonamides is 1. The molecule has 158 valence electrons. The predicted molar refractivity (Wildman–Crippen MR) is 124 cm³/mol. The van der Waals surface area contributed by atoms with Crippen LogP contribution in [0.15, 0.2) is 78.0 Å². The Morgan fingerprint density at radius 2 is 1.90 bits per heavy atom. The van der Waals surface area contributed by atoms with Crippen molar-refractivity contribution in [1.29, 1.82) is 0 Å². The molecule has 2 aromatic carbocycles. The first-order valence-electron chi connectivity index (χ1n) is 9.30. The van der Waals surface area contributed by atoms with Gasteiger partial charge in [0.15, 0.2) is 0 Å². The third-order valence-corrected chi connectivity index (χ3v) is 7.90. The van der Waals surface area contributed by atoms with Gasteiger partial charge in [-0.15, -0.1) is 11.3 Å². The molecular formula is C22H18ClN3O3S2. The van der Waals surface area contributed by atoms with E-state index >= 15 is 0 Å². The number of anilines is 1. The highest BCUT2D eigenvalue weighted by molar-refractivity contribution is 7.92. The summed E-state index contributed by atoms with van der Waals surface area (Å²) < 4.78 is 28.0. The van der Waals surface area contributed by atoms with Crippen molar-refractivity contribution in [3.63, 3.8) is 0 Å². The molecule has 1 N–H and O–H groups in total. The first-order chi connectivity index (χ1) is 14.8. The summed E-state index contributed by atoms with van der Waals surface area (Å²) in [6.45, 7) is 0.383. The van der Waals surface area contributed by atoms with Gasteiger partial charge < -0.3 is 5.32 Å². The Morgan fingerprint density at radius 1 is 1.13 bits per heavy atom. The van der Waals surface area contributed by atoms with E-state index < -0.39 is 10.0 Å². The molecule has 0 aliphatic carbocycles. The largest absolute Gasteiger partial charge is 0.347 e. The molecule has 0 aliphatic heterocycles. The highest BCUT2D eigenvalue weighted by Gasteiger charge is 2.22. The molecule has 0 saturated carbocycles. The van der Waals surface area contributed by atoms with Gasteiger partial charge >= 0.3 is 0 Å². The van der Waals surface area contributed by atoms with Crippen LogP contribution in [-0.2, 0) is 16.6 Å². The Morgan fingerprint density at radius 3 is 2.61 bits per heavy atom. The van der Waals surface area contributed by atoms with Gasteiger partial charge in [-0.2, -0.15) is 0 Å². The molecule has 0 radical (unpaired) electrons. The van der Waals surface area contributed by atoms with Crippen molar-refractivity contribution in [2.75, 3.05) is 11.4 Å². The average Bonchev–Trinajstić information content (AvgIpc) is 3.21. The van der Waals surface area contributed by atoms with Gasteiger partial charge in [0.1, 0.15) is 0 Å². The van der Waals surface area contributed by atoms with Crippen LogP contribution in [-0.4, -0.2) is 26.4 Å². The lowest BCUT2D eigenvalue weighted by Crippen LogP contribution is -2.26. The van der Waals surface area contributed by atoms with Crippen molar-refractivity contribution >= 4 is 54.6 Å². The van der Waals surface area contributed by atoms with Gasteiger partial charge in [0.25, 0.3) is 15.9 Å². The summed E-state index contributed by atoms with van der Waals surface area (Å²) in [6, 6.07) is 16.8. The summed E-state index contributed by atoms with van der Waals surface area (Å²) in [5.74, 6) is -0.186. The van der Waals surface area contributed by atoms with Crippen LogP contribution in [0, 0.1) is 0 Å². The molecule has 2 heterocycles. The van der Waals surface area contributed by atoms with Gasteiger partial charge in [0.2, 0.25) is 0 Å². The molecule has 0 saturated heterocycles. The Labute approximate surface area is 189 Å². The van der Waals surface area contributed by atoms with Crippen molar-refractivity contribution in [1.82, 2.24) is 10.3 Å². The Kier molecular flexibility index (Phi) is 5.95. The number of halogens is 1. The summed E-state index contributed by atoms with van der Waals surface area (Å²) in [4.78, 5) is 17.3. The molecule has 0 fully saturated rings. The first kappa shape index (κ1) is 21.3. The smallest absolute Gasteiger partial charge is 0.264 e. The Hall–Kier alpha value is -2.94. The van der Waals surface area contributed by atoms with Gasteiger partial charge in [0.05, 0.1) is 15.5 Å². The Balaban J connectivity index is 1.55. The molecule has 9 heteroatoms. The minimum absolute atomic E-state index is 0.153. The number of pyridine rings is 1. The lowest BCUT2D eigenvalue weighted by Gasteiger charge is -2.19. The molecule has 1 amide bonds. The number of nitrogens with zero attached hydrogens (tertiary/aromatic N) is 2. The second kappa shape index (κ2) is 8.66. The van der Waals surface area contributed by atoms with E-state index in [1.165, 1.54) is 34.8 Å². The fourth-order valence-corrected chi connectivity index (χ4v) is 5.29. The van der Waals surface area contributed by atoms with Gasteiger partial charge in [-0.1, -0.05) is 17.7 Å². The molecule has 0 aliphatic rings. The van der Waals surface area contributed by atoms with E-state index in [1.54, 1.807) is 42.7 Å². The second-order valence-corrected chi connectivity index (χ2v) is 10.3. The molecular weight excluding hydrogens is 454 g/mol. The topological polar surface area (TPSA) is 79.4 Å². The van der Waals surface area contributed by atoms with Gasteiger partial charge in [-0.3, -0.25) is 14.1 Å². The monoisotopic (exact) mass is 471 g/mol. The zero-order valence-electron chi connectivity index (χ0n) is 16.4. The predicted octanol–water partition coefficient (Wildman–Crippen LogP) is 4.70. The molecule has 0 unspecified atom stereocenters. The number of nitrogens with one attached hydrogen (secondary N) is 1. The molecule has 31 heavy (non-hydrogen) atoms. The van der Waals surface area contributed by atoms with E-state index in [1.807, 2.05) is 18.2 Å². The quantitative estimate of drug-likeness (QED) is 0.442. The van der Waals surface area contributed by atoms with Crippen molar-refractivity contribution in [2.24, 2.45) is 0 Å². The number of hydrogen-bond donors (Lipinski definition) is 1. The van der Waals surface area contributed by atoms with E-state index in [0.717, 1.165) is 15.6 Å². The van der Waals surface area contributed by atoms with E-state index in [0.29, 0.717) is 22.1 Å². The minimum atomic E-state index is -3.73. The van der Waals surface area contributed by atoms with Crippen LogP contribution in [0.2, 0.25) is 5.02 Å². The van der Waals surface area contributed by atoms with Gasteiger partial charge in [-0.05, 0) is 65.5 Å². The van der Waals surface area contributed by atoms with E-state index in [-0.39, 0.29) is 10.8 Å². The maximum Gasteiger partial charge on any atom is 0.264 e. The zero-order valence-corrected chi connectivity index (χ0v) is 18.8. The molecule has 0 bridgehead atoms. The maximum atomic E-state index is 12.9. The van der Waals surface area contributed by atoms with Crippen molar-refractivity contribution in [3.05, 3.63) is 88.5 Å². The number of rotatable bonds is 6. The molecule has 4 rings (SSSR count). The minimum Gasteiger partial charge on any atom is -0.347 e. The summed E-state index contributed by atoms with van der Waals surface area (Å²) in [7, 11) is -2.23. The number of carbonyl (C=O) groups is 1. The summed E-state index contributed by atoms with van der Waals surface area (Å²) >= 11 is 7.22. The molecule has 2 aromatic heterocycles. The number of amides is 1. The van der Waals surface area contributed by atoms with Crippen molar-refractivity contribution in [3.8, 4) is 0 Å². The van der Waals surface area contributed by atoms with Crippen LogP contribution in [0.3, 0.4) is 0 Å². The Bertz CT molecular complexity index is 1340. The highest BCUT2D eigenvalue weighted by Crippen LogP contribution is 2.31. The molecule has 0 atom stereocenters. The first-order valence-corrected chi connectivity index (χ1v) is 11.9. The number of fused-ring (bicyclic) bond motifs is 1. The van der Waals surface area contributed by atoms with Crippen LogP contribution in [0.1, 0.15) is 15.2 Å². The van der Waals surface area contributed by atoms with E-state index in [4.69, 9.17) is 11.6 Å². The van der Waals surface area contributed by atoms with Crippen LogP contribution in [0.5, 0.6) is 0 Å². The standard InChI is InChI=1S/C22H18ClN3O3S2/c1-26(31(28,29)19-7-4-17(23)5-8-19)18-6-9-20-16(11-18)12-21(30-20)22(27)25-14-15-3-2-10-24-13-15/h2-13H,14H2,1H3,(H,25,27). The number of hydrogen-bond acceptors (Lipinski definition) is 5. The molecule has 4 aromatic rings.